The molecule has 0 aromatic carbocycles. The number of anilines is 1. The molecule has 1 aliphatic rings. The van der Waals surface area contributed by atoms with Gasteiger partial charge in [-0.05, 0) is 43.7 Å². The molecule has 3 rings (SSSR count). The van der Waals surface area contributed by atoms with Crippen LogP contribution >= 0.6 is 0 Å². The molecule has 0 radical (unpaired) electrons. The lowest BCUT2D eigenvalue weighted by Crippen LogP contribution is -2.26. The van der Waals surface area contributed by atoms with Crippen LogP contribution < -0.4 is 4.90 Å². The minimum atomic E-state index is 0.434. The van der Waals surface area contributed by atoms with Crippen molar-refractivity contribution in [1.82, 2.24) is 15.0 Å². The summed E-state index contributed by atoms with van der Waals surface area (Å²) in [4.78, 5) is 15.9. The van der Waals surface area contributed by atoms with Gasteiger partial charge in [-0.3, -0.25) is 4.98 Å². The molecule has 4 nitrogen and oxygen atoms in total. The smallest absolute Gasteiger partial charge is 0.163 e. The zero-order valence-corrected chi connectivity index (χ0v) is 13.7. The standard InChI is InChI=1S/C18H24N4/c1-14-12-16(22-10-5-7-18(2,3)8-11-22)21-17(20-14)15-6-4-9-19-13-15/h4,6,9,12-13H,5,7-8,10-11H2,1-3H3. The predicted octanol–water partition coefficient (Wildman–Crippen LogP) is 3.86. The van der Waals surface area contributed by atoms with E-state index in [1.54, 1.807) is 6.20 Å². The minimum Gasteiger partial charge on any atom is -0.356 e. The molecule has 116 valence electrons. The molecule has 2 aromatic heterocycles. The summed E-state index contributed by atoms with van der Waals surface area (Å²) in [5.41, 5.74) is 2.41. The van der Waals surface area contributed by atoms with Crippen LogP contribution in [-0.4, -0.2) is 28.0 Å². The van der Waals surface area contributed by atoms with Gasteiger partial charge in [-0.1, -0.05) is 13.8 Å². The van der Waals surface area contributed by atoms with Crippen molar-refractivity contribution >= 4 is 5.82 Å². The molecule has 4 heteroatoms. The Balaban J connectivity index is 1.90. The van der Waals surface area contributed by atoms with Gasteiger partial charge in [0.1, 0.15) is 5.82 Å². The summed E-state index contributed by atoms with van der Waals surface area (Å²) in [7, 11) is 0. The highest BCUT2D eigenvalue weighted by molar-refractivity contribution is 5.56. The molecule has 1 aliphatic heterocycles. The van der Waals surface area contributed by atoms with E-state index in [4.69, 9.17) is 4.98 Å². The number of hydrogen-bond acceptors (Lipinski definition) is 4. The summed E-state index contributed by atoms with van der Waals surface area (Å²) >= 11 is 0. The Hall–Kier alpha value is -1.97. The quantitative estimate of drug-likeness (QED) is 0.844. The van der Waals surface area contributed by atoms with E-state index in [0.717, 1.165) is 36.0 Å². The van der Waals surface area contributed by atoms with Gasteiger partial charge in [0, 0.05) is 42.8 Å². The molecule has 0 amide bonds. The summed E-state index contributed by atoms with van der Waals surface area (Å²) in [5, 5.41) is 0. The van der Waals surface area contributed by atoms with Crippen LogP contribution in [-0.2, 0) is 0 Å². The van der Waals surface area contributed by atoms with Crippen LogP contribution in [0.5, 0.6) is 0 Å². The van der Waals surface area contributed by atoms with E-state index in [1.165, 1.54) is 19.3 Å². The van der Waals surface area contributed by atoms with Gasteiger partial charge < -0.3 is 4.90 Å². The van der Waals surface area contributed by atoms with Crippen LogP contribution in [0.25, 0.3) is 11.4 Å². The van der Waals surface area contributed by atoms with Crippen molar-refractivity contribution in [3.63, 3.8) is 0 Å². The van der Waals surface area contributed by atoms with E-state index in [9.17, 15) is 0 Å². The molecular weight excluding hydrogens is 272 g/mol. The summed E-state index contributed by atoms with van der Waals surface area (Å²) in [6.07, 6.45) is 7.31. The van der Waals surface area contributed by atoms with Crippen molar-refractivity contribution in [2.75, 3.05) is 18.0 Å². The fourth-order valence-electron chi connectivity index (χ4n) is 2.99. The number of hydrogen-bond donors (Lipinski definition) is 0. The lowest BCUT2D eigenvalue weighted by atomic mass is 9.85. The van der Waals surface area contributed by atoms with Gasteiger partial charge in [0.25, 0.3) is 0 Å². The molecule has 3 heterocycles. The maximum Gasteiger partial charge on any atom is 0.163 e. The van der Waals surface area contributed by atoms with Crippen molar-refractivity contribution in [2.45, 2.75) is 40.0 Å². The predicted molar refractivity (Wildman–Crippen MR) is 89.8 cm³/mol. The van der Waals surface area contributed by atoms with Gasteiger partial charge in [0.2, 0.25) is 0 Å². The molecular formula is C18H24N4. The first-order valence-corrected chi connectivity index (χ1v) is 8.05. The topological polar surface area (TPSA) is 41.9 Å². The number of nitrogens with zero attached hydrogens (tertiary/aromatic N) is 4. The molecule has 0 N–H and O–H groups in total. The van der Waals surface area contributed by atoms with Crippen LogP contribution in [0.4, 0.5) is 5.82 Å². The van der Waals surface area contributed by atoms with E-state index in [-0.39, 0.29) is 0 Å². The lowest BCUT2D eigenvalue weighted by molar-refractivity contribution is 0.325. The molecule has 22 heavy (non-hydrogen) atoms. The third-order valence-corrected chi connectivity index (χ3v) is 4.42. The van der Waals surface area contributed by atoms with Crippen LogP contribution in [0.1, 0.15) is 38.8 Å². The Bertz CT molecular complexity index is 637. The molecule has 1 fully saturated rings. The molecule has 0 bridgehead atoms. The third kappa shape index (κ3) is 3.43. The van der Waals surface area contributed by atoms with E-state index in [0.29, 0.717) is 5.41 Å². The van der Waals surface area contributed by atoms with Gasteiger partial charge >= 0.3 is 0 Å². The Kier molecular flexibility index (Phi) is 4.10. The fraction of sp³-hybridized carbons (Fsp3) is 0.500. The minimum absolute atomic E-state index is 0.434. The second-order valence-electron chi connectivity index (χ2n) is 6.94. The van der Waals surface area contributed by atoms with Crippen molar-refractivity contribution in [2.24, 2.45) is 5.41 Å². The Morgan fingerprint density at radius 3 is 2.77 bits per heavy atom. The first-order valence-electron chi connectivity index (χ1n) is 8.05. The van der Waals surface area contributed by atoms with Crippen molar-refractivity contribution in [3.05, 3.63) is 36.3 Å². The van der Waals surface area contributed by atoms with Gasteiger partial charge in [-0.25, -0.2) is 9.97 Å². The van der Waals surface area contributed by atoms with Crippen molar-refractivity contribution in [3.8, 4) is 11.4 Å². The Morgan fingerprint density at radius 1 is 1.14 bits per heavy atom. The molecule has 0 spiro atoms. The summed E-state index contributed by atoms with van der Waals surface area (Å²) in [6, 6.07) is 6.03. The van der Waals surface area contributed by atoms with Crippen LogP contribution in [0.15, 0.2) is 30.6 Å². The van der Waals surface area contributed by atoms with Crippen molar-refractivity contribution < 1.29 is 0 Å². The Labute approximate surface area is 132 Å². The summed E-state index contributed by atoms with van der Waals surface area (Å²) in [5.74, 6) is 1.82. The maximum absolute atomic E-state index is 4.79. The zero-order valence-electron chi connectivity index (χ0n) is 13.7. The third-order valence-electron chi connectivity index (χ3n) is 4.42. The molecule has 1 saturated heterocycles. The zero-order chi connectivity index (χ0) is 15.6. The van der Waals surface area contributed by atoms with E-state index in [1.807, 2.05) is 25.3 Å². The highest BCUT2D eigenvalue weighted by atomic mass is 15.2. The largest absolute Gasteiger partial charge is 0.356 e. The molecule has 0 saturated carbocycles. The van der Waals surface area contributed by atoms with Gasteiger partial charge in [0.05, 0.1) is 0 Å². The number of aromatic nitrogens is 3. The summed E-state index contributed by atoms with van der Waals surface area (Å²) < 4.78 is 0. The van der Waals surface area contributed by atoms with Gasteiger partial charge in [0.15, 0.2) is 5.82 Å². The average Bonchev–Trinajstić information content (AvgIpc) is 2.68. The number of rotatable bonds is 2. The fourth-order valence-corrected chi connectivity index (χ4v) is 2.99. The number of pyridine rings is 1. The SMILES string of the molecule is Cc1cc(N2CCCC(C)(C)CC2)nc(-c2cccnc2)n1. The second kappa shape index (κ2) is 6.03. The molecule has 0 atom stereocenters. The first-order chi connectivity index (χ1) is 10.5. The first kappa shape index (κ1) is 14.9. The van der Waals surface area contributed by atoms with Gasteiger partial charge in [-0.15, -0.1) is 0 Å². The van der Waals surface area contributed by atoms with Crippen molar-refractivity contribution in [1.29, 1.82) is 0 Å². The van der Waals surface area contributed by atoms with Crippen LogP contribution in [0, 0.1) is 12.3 Å². The highest BCUT2D eigenvalue weighted by Crippen LogP contribution is 2.31. The maximum atomic E-state index is 4.79. The Morgan fingerprint density at radius 2 is 2.00 bits per heavy atom. The normalized spacial score (nSPS) is 18.0. The van der Waals surface area contributed by atoms with E-state index >= 15 is 0 Å². The monoisotopic (exact) mass is 296 g/mol. The van der Waals surface area contributed by atoms with Crippen LogP contribution in [0.3, 0.4) is 0 Å². The average molecular weight is 296 g/mol. The second-order valence-corrected chi connectivity index (χ2v) is 6.94. The number of aryl methyl sites for hydroxylation is 1. The van der Waals surface area contributed by atoms with E-state index < -0.39 is 0 Å². The summed E-state index contributed by atoms with van der Waals surface area (Å²) in [6.45, 7) is 8.90. The van der Waals surface area contributed by atoms with Crippen LogP contribution in [0.2, 0.25) is 0 Å². The lowest BCUT2D eigenvalue weighted by Gasteiger charge is -2.24. The highest BCUT2D eigenvalue weighted by Gasteiger charge is 2.24. The van der Waals surface area contributed by atoms with Gasteiger partial charge in [-0.2, -0.15) is 0 Å². The van der Waals surface area contributed by atoms with E-state index in [2.05, 4.69) is 34.8 Å². The molecule has 0 unspecified atom stereocenters. The molecule has 2 aromatic rings. The molecule has 0 aliphatic carbocycles.